The Morgan fingerprint density at radius 2 is 1.74 bits per heavy atom. The van der Waals surface area contributed by atoms with Crippen molar-refractivity contribution < 1.29 is 46.6 Å². The number of nitrogens with zero attached hydrogens (tertiary/aromatic N) is 2. The van der Waals surface area contributed by atoms with Gasteiger partial charge in [-0.05, 0) is 56.4 Å². The van der Waals surface area contributed by atoms with Crippen LogP contribution in [0.3, 0.4) is 0 Å². The standard InChI is InChI=1S/C27H29N3O10S3/c1-4-40-25(34)15-9-10-17-19(11-15)42-27(30(17)12-22(33)38-2)29-21(32)14-43(36,37)13-20(31)28-24-23(26(35)39-3)16-7-5-6-8-18(16)41-24/h9-11H,4-8,12-14H2,1-3H3,(H,28,31). The van der Waals surface area contributed by atoms with E-state index in [2.05, 4.69) is 10.3 Å². The number of anilines is 1. The molecule has 13 nitrogen and oxygen atoms in total. The summed E-state index contributed by atoms with van der Waals surface area (Å²) in [5.74, 6) is -5.90. The maximum Gasteiger partial charge on any atom is 0.341 e. The van der Waals surface area contributed by atoms with Crippen LogP contribution in [0.15, 0.2) is 23.2 Å². The molecule has 0 spiro atoms. The fourth-order valence-electron chi connectivity index (χ4n) is 4.56. The van der Waals surface area contributed by atoms with Crippen LogP contribution in [-0.2, 0) is 57.8 Å². The number of esters is 3. The second-order valence-electron chi connectivity index (χ2n) is 9.44. The van der Waals surface area contributed by atoms with Crippen molar-refractivity contribution in [3.63, 3.8) is 0 Å². The molecule has 43 heavy (non-hydrogen) atoms. The molecule has 2 aromatic heterocycles. The molecule has 3 aromatic rings. The van der Waals surface area contributed by atoms with E-state index in [9.17, 15) is 32.4 Å². The molecule has 0 radical (unpaired) electrons. The summed E-state index contributed by atoms with van der Waals surface area (Å²) in [6.45, 7) is 1.51. The third-order valence-corrected chi connectivity index (χ3v) is 10.1. The number of hydrogen-bond acceptors (Lipinski definition) is 12. The fraction of sp³-hybridized carbons (Fsp3) is 0.407. The minimum absolute atomic E-state index is 0.00190. The Hall–Kier alpha value is -3.89. The van der Waals surface area contributed by atoms with E-state index in [0.717, 1.165) is 41.0 Å². The van der Waals surface area contributed by atoms with Gasteiger partial charge in [-0.25, -0.2) is 18.0 Å². The van der Waals surface area contributed by atoms with Crippen molar-refractivity contribution >= 4 is 77.5 Å². The van der Waals surface area contributed by atoms with Gasteiger partial charge in [0.05, 0.1) is 42.2 Å². The molecular formula is C27H29N3O10S3. The van der Waals surface area contributed by atoms with E-state index in [1.165, 1.54) is 42.3 Å². The van der Waals surface area contributed by atoms with E-state index in [1.54, 1.807) is 13.0 Å². The van der Waals surface area contributed by atoms with E-state index in [-0.39, 0.29) is 34.1 Å². The molecule has 0 saturated carbocycles. The summed E-state index contributed by atoms with van der Waals surface area (Å²) >= 11 is 2.17. The quantitative estimate of drug-likeness (QED) is 0.253. The van der Waals surface area contributed by atoms with Crippen molar-refractivity contribution in [3.8, 4) is 0 Å². The largest absolute Gasteiger partial charge is 0.468 e. The number of aryl methyl sites for hydroxylation is 1. The number of fused-ring (bicyclic) bond motifs is 2. The number of amides is 2. The number of ether oxygens (including phenoxy) is 3. The van der Waals surface area contributed by atoms with Crippen LogP contribution in [0.4, 0.5) is 5.00 Å². The molecule has 1 aliphatic carbocycles. The number of thiazole rings is 1. The molecular weight excluding hydrogens is 623 g/mol. The summed E-state index contributed by atoms with van der Waals surface area (Å²) in [6, 6.07) is 4.56. The normalized spacial score (nSPS) is 13.3. The van der Waals surface area contributed by atoms with E-state index in [0.29, 0.717) is 16.6 Å². The van der Waals surface area contributed by atoms with E-state index >= 15 is 0 Å². The summed E-state index contributed by atoms with van der Waals surface area (Å²) in [5, 5.41) is 2.72. The van der Waals surface area contributed by atoms with E-state index < -0.39 is 51.1 Å². The lowest BCUT2D eigenvalue weighted by Gasteiger charge is -2.11. The summed E-state index contributed by atoms with van der Waals surface area (Å²) in [6.07, 6.45) is 3.21. The van der Waals surface area contributed by atoms with Gasteiger partial charge in [0.1, 0.15) is 23.1 Å². The minimum atomic E-state index is -4.28. The van der Waals surface area contributed by atoms with Gasteiger partial charge in [0.25, 0.3) is 5.91 Å². The number of hydrogen-bond donors (Lipinski definition) is 1. The highest BCUT2D eigenvalue weighted by atomic mass is 32.2. The van der Waals surface area contributed by atoms with Crippen LogP contribution in [0, 0.1) is 0 Å². The second-order valence-corrected chi connectivity index (χ2v) is 13.6. The van der Waals surface area contributed by atoms with Crippen molar-refractivity contribution in [1.82, 2.24) is 4.57 Å². The number of aromatic nitrogens is 1. The Balaban J connectivity index is 1.55. The predicted octanol–water partition coefficient (Wildman–Crippen LogP) is 2.26. The first kappa shape index (κ1) is 32.0. The lowest BCUT2D eigenvalue weighted by Crippen LogP contribution is -2.29. The second kappa shape index (κ2) is 13.6. The van der Waals surface area contributed by atoms with Gasteiger partial charge in [-0.2, -0.15) is 4.99 Å². The smallest absolute Gasteiger partial charge is 0.341 e. The maximum atomic E-state index is 12.8. The van der Waals surface area contributed by atoms with Crippen LogP contribution in [0.25, 0.3) is 10.2 Å². The SMILES string of the molecule is CCOC(=O)c1ccc2c(c1)sc(=NC(=O)CS(=O)(=O)CC(=O)Nc1sc3c(c1C(=O)OC)CCCC3)n2CC(=O)OC. The van der Waals surface area contributed by atoms with Crippen molar-refractivity contribution in [3.05, 3.63) is 44.6 Å². The Morgan fingerprint density at radius 1 is 1.00 bits per heavy atom. The monoisotopic (exact) mass is 651 g/mol. The zero-order valence-corrected chi connectivity index (χ0v) is 26.0. The number of carbonyl (C=O) groups excluding carboxylic acids is 5. The minimum Gasteiger partial charge on any atom is -0.468 e. The Labute approximate surface area is 254 Å². The average Bonchev–Trinajstić information content (AvgIpc) is 3.48. The van der Waals surface area contributed by atoms with Crippen molar-refractivity contribution in [2.45, 2.75) is 39.2 Å². The first-order valence-corrected chi connectivity index (χ1v) is 16.6. The number of sulfone groups is 1. The first-order chi connectivity index (χ1) is 20.5. The van der Waals surface area contributed by atoms with Crippen LogP contribution in [0.5, 0.6) is 0 Å². The number of methoxy groups -OCH3 is 2. The first-order valence-electron chi connectivity index (χ1n) is 13.1. The summed E-state index contributed by atoms with van der Waals surface area (Å²) in [4.78, 5) is 67.0. The molecule has 4 rings (SSSR count). The maximum absolute atomic E-state index is 12.8. The number of benzene rings is 1. The van der Waals surface area contributed by atoms with E-state index in [4.69, 9.17) is 14.2 Å². The highest BCUT2D eigenvalue weighted by molar-refractivity contribution is 7.92. The van der Waals surface area contributed by atoms with Gasteiger partial charge in [0.15, 0.2) is 14.6 Å². The third-order valence-electron chi connectivity index (χ3n) is 6.44. The zero-order valence-electron chi connectivity index (χ0n) is 23.6. The number of carbonyl (C=O) groups is 5. The molecule has 1 N–H and O–H groups in total. The van der Waals surface area contributed by atoms with Gasteiger partial charge in [0.2, 0.25) is 5.91 Å². The summed E-state index contributed by atoms with van der Waals surface area (Å²) < 4.78 is 42.1. The molecule has 0 unspecified atom stereocenters. The molecule has 0 bridgehead atoms. The molecule has 1 aliphatic rings. The Kier molecular flexibility index (Phi) is 10.1. The van der Waals surface area contributed by atoms with Gasteiger partial charge in [-0.3, -0.25) is 14.4 Å². The predicted molar refractivity (Wildman–Crippen MR) is 158 cm³/mol. The van der Waals surface area contributed by atoms with Crippen LogP contribution < -0.4 is 10.1 Å². The number of rotatable bonds is 10. The molecule has 0 aliphatic heterocycles. The van der Waals surface area contributed by atoms with Crippen LogP contribution in [0.1, 0.15) is 50.9 Å². The van der Waals surface area contributed by atoms with Gasteiger partial charge in [-0.1, -0.05) is 11.3 Å². The topological polar surface area (TPSA) is 176 Å². The van der Waals surface area contributed by atoms with Crippen LogP contribution >= 0.6 is 22.7 Å². The zero-order chi connectivity index (χ0) is 31.3. The Morgan fingerprint density at radius 3 is 2.44 bits per heavy atom. The molecule has 1 aromatic carbocycles. The van der Waals surface area contributed by atoms with Crippen molar-refractivity contribution in [2.75, 3.05) is 37.6 Å². The fourth-order valence-corrected chi connectivity index (χ4v) is 7.95. The molecule has 230 valence electrons. The van der Waals surface area contributed by atoms with Gasteiger partial charge >= 0.3 is 17.9 Å². The van der Waals surface area contributed by atoms with Crippen LogP contribution in [-0.4, -0.2) is 75.0 Å². The highest BCUT2D eigenvalue weighted by Crippen LogP contribution is 2.38. The third kappa shape index (κ3) is 7.55. The average molecular weight is 652 g/mol. The molecule has 16 heteroatoms. The number of thiophene rings is 1. The molecule has 0 fully saturated rings. The van der Waals surface area contributed by atoms with Crippen molar-refractivity contribution in [2.24, 2.45) is 4.99 Å². The van der Waals surface area contributed by atoms with Gasteiger partial charge < -0.3 is 24.1 Å². The highest BCUT2D eigenvalue weighted by Gasteiger charge is 2.28. The molecule has 2 amide bonds. The lowest BCUT2D eigenvalue weighted by molar-refractivity contribution is -0.141. The van der Waals surface area contributed by atoms with Crippen molar-refractivity contribution in [1.29, 1.82) is 0 Å². The number of nitrogens with one attached hydrogen (secondary N) is 1. The summed E-state index contributed by atoms with van der Waals surface area (Å²) in [7, 11) is -1.86. The molecule has 0 saturated heterocycles. The Bertz CT molecular complexity index is 1780. The van der Waals surface area contributed by atoms with Gasteiger partial charge in [-0.15, -0.1) is 11.3 Å². The molecule has 0 atom stereocenters. The van der Waals surface area contributed by atoms with Gasteiger partial charge in [0, 0.05) is 4.88 Å². The summed E-state index contributed by atoms with van der Waals surface area (Å²) in [5.41, 5.74) is 1.73. The van der Waals surface area contributed by atoms with Crippen LogP contribution in [0.2, 0.25) is 0 Å². The van der Waals surface area contributed by atoms with E-state index in [1.807, 2.05) is 0 Å². The molecule has 2 heterocycles. The lowest BCUT2D eigenvalue weighted by atomic mass is 9.95.